The molecule has 98 valence electrons. The van der Waals surface area contributed by atoms with Gasteiger partial charge in [-0.2, -0.15) is 0 Å². The van der Waals surface area contributed by atoms with E-state index in [1.807, 2.05) is 31.2 Å². The van der Waals surface area contributed by atoms with Crippen molar-refractivity contribution >= 4 is 5.78 Å². The molecule has 1 aromatic rings. The summed E-state index contributed by atoms with van der Waals surface area (Å²) in [5, 5.41) is 3.34. The van der Waals surface area contributed by atoms with Crippen LogP contribution in [0.5, 0.6) is 5.75 Å². The average Bonchev–Trinajstić information content (AvgIpc) is 2.67. The van der Waals surface area contributed by atoms with Gasteiger partial charge < -0.3 is 10.1 Å². The third-order valence-electron chi connectivity index (χ3n) is 3.31. The highest BCUT2D eigenvalue weighted by atomic mass is 16.5. The lowest BCUT2D eigenvalue weighted by molar-refractivity contribution is 0.0940. The molecule has 0 amide bonds. The van der Waals surface area contributed by atoms with E-state index in [-0.39, 0.29) is 11.8 Å². The predicted octanol–water partition coefficient (Wildman–Crippen LogP) is 2.80. The molecule has 0 bridgehead atoms. The van der Waals surface area contributed by atoms with Crippen LogP contribution in [0, 0.1) is 0 Å². The lowest BCUT2D eigenvalue weighted by atomic mass is 10.0. The molecule has 0 aliphatic carbocycles. The average molecular weight is 247 g/mol. The molecule has 1 N–H and O–H groups in total. The minimum atomic E-state index is -0.0237. The van der Waals surface area contributed by atoms with E-state index < -0.39 is 0 Å². The molecule has 0 radical (unpaired) electrons. The van der Waals surface area contributed by atoms with Crippen molar-refractivity contribution in [1.29, 1.82) is 0 Å². The molecule has 1 unspecified atom stereocenters. The molecule has 1 aliphatic rings. The van der Waals surface area contributed by atoms with E-state index in [4.69, 9.17) is 4.74 Å². The van der Waals surface area contributed by atoms with Crippen LogP contribution in [-0.2, 0) is 0 Å². The number of hydrogen-bond donors (Lipinski definition) is 1. The molecular weight excluding hydrogens is 226 g/mol. The van der Waals surface area contributed by atoms with Crippen molar-refractivity contribution in [1.82, 2.24) is 5.32 Å². The maximum Gasteiger partial charge on any atom is 0.179 e. The minimum absolute atomic E-state index is 0.0237. The number of hydrogen-bond acceptors (Lipinski definition) is 3. The molecule has 1 aliphatic heterocycles. The van der Waals surface area contributed by atoms with E-state index in [1.165, 1.54) is 12.8 Å². The summed E-state index contributed by atoms with van der Waals surface area (Å²) in [4.78, 5) is 12.4. The van der Waals surface area contributed by atoms with E-state index in [0.29, 0.717) is 6.61 Å². The van der Waals surface area contributed by atoms with Crippen LogP contribution in [-0.4, -0.2) is 25.0 Å². The number of benzene rings is 1. The summed E-state index contributed by atoms with van der Waals surface area (Å²) in [5.41, 5.74) is 0.750. The second-order valence-electron chi connectivity index (χ2n) is 4.68. The molecule has 3 heteroatoms. The van der Waals surface area contributed by atoms with Crippen molar-refractivity contribution in [2.45, 2.75) is 38.6 Å². The van der Waals surface area contributed by atoms with Crippen LogP contribution in [0.3, 0.4) is 0 Å². The molecule has 1 fully saturated rings. The maximum atomic E-state index is 12.4. The number of nitrogens with one attached hydrogen (secondary N) is 1. The zero-order valence-electron chi connectivity index (χ0n) is 10.9. The van der Waals surface area contributed by atoms with E-state index in [1.54, 1.807) is 0 Å². The summed E-state index contributed by atoms with van der Waals surface area (Å²) in [6, 6.07) is 7.47. The fourth-order valence-electron chi connectivity index (χ4n) is 2.36. The van der Waals surface area contributed by atoms with Crippen LogP contribution in [0.1, 0.15) is 43.0 Å². The number of carbonyl (C=O) groups is 1. The lowest BCUT2D eigenvalue weighted by Crippen LogP contribution is -2.36. The standard InChI is InChI=1S/C15H21NO2/c1-2-18-13-8-6-7-12(11-13)15(17)14-9-4-3-5-10-16-14/h6-8,11,14,16H,2-5,9-10H2,1H3. The number of ketones is 1. The van der Waals surface area contributed by atoms with Gasteiger partial charge in [0.2, 0.25) is 0 Å². The Hall–Kier alpha value is -1.35. The quantitative estimate of drug-likeness (QED) is 0.831. The largest absolute Gasteiger partial charge is 0.494 e. The topological polar surface area (TPSA) is 38.3 Å². The summed E-state index contributed by atoms with van der Waals surface area (Å²) < 4.78 is 5.44. The van der Waals surface area contributed by atoms with Gasteiger partial charge in [-0.3, -0.25) is 4.79 Å². The molecule has 1 saturated heterocycles. The molecule has 18 heavy (non-hydrogen) atoms. The molecule has 1 atom stereocenters. The number of rotatable bonds is 4. The summed E-state index contributed by atoms with van der Waals surface area (Å²) in [5.74, 6) is 0.968. The highest BCUT2D eigenvalue weighted by Gasteiger charge is 2.21. The van der Waals surface area contributed by atoms with Crippen LogP contribution >= 0.6 is 0 Å². The molecule has 0 saturated carbocycles. The summed E-state index contributed by atoms with van der Waals surface area (Å²) in [7, 11) is 0. The number of Topliss-reactive ketones (excluding diaryl/α,β-unsaturated/α-hetero) is 1. The Morgan fingerprint density at radius 2 is 2.28 bits per heavy atom. The van der Waals surface area contributed by atoms with Crippen molar-refractivity contribution in [3.05, 3.63) is 29.8 Å². The van der Waals surface area contributed by atoms with Crippen LogP contribution in [0.4, 0.5) is 0 Å². The van der Waals surface area contributed by atoms with Crippen LogP contribution in [0.2, 0.25) is 0 Å². The first kappa shape index (κ1) is 13.1. The Bertz CT molecular complexity index is 395. The molecule has 0 spiro atoms. The maximum absolute atomic E-state index is 12.4. The van der Waals surface area contributed by atoms with Gasteiger partial charge in [0.25, 0.3) is 0 Å². The monoisotopic (exact) mass is 247 g/mol. The molecule has 1 aromatic carbocycles. The van der Waals surface area contributed by atoms with Crippen molar-refractivity contribution in [3.63, 3.8) is 0 Å². The zero-order chi connectivity index (χ0) is 12.8. The summed E-state index contributed by atoms with van der Waals surface area (Å²) in [6.07, 6.45) is 4.46. The molecule has 2 rings (SSSR count). The van der Waals surface area contributed by atoms with Crippen molar-refractivity contribution in [2.24, 2.45) is 0 Å². The van der Waals surface area contributed by atoms with Crippen molar-refractivity contribution < 1.29 is 9.53 Å². The van der Waals surface area contributed by atoms with Crippen LogP contribution in [0.25, 0.3) is 0 Å². The first-order valence-electron chi connectivity index (χ1n) is 6.81. The number of carbonyl (C=O) groups excluding carboxylic acids is 1. The van der Waals surface area contributed by atoms with E-state index in [9.17, 15) is 4.79 Å². The molecule has 3 nitrogen and oxygen atoms in total. The predicted molar refractivity (Wildman–Crippen MR) is 72.2 cm³/mol. The minimum Gasteiger partial charge on any atom is -0.494 e. The Kier molecular flexibility index (Phi) is 4.76. The smallest absolute Gasteiger partial charge is 0.179 e. The van der Waals surface area contributed by atoms with Crippen LogP contribution < -0.4 is 10.1 Å². The Labute approximate surface area is 109 Å². The van der Waals surface area contributed by atoms with Gasteiger partial charge in [0.05, 0.1) is 12.6 Å². The van der Waals surface area contributed by atoms with Gasteiger partial charge >= 0.3 is 0 Å². The fraction of sp³-hybridized carbons (Fsp3) is 0.533. The second kappa shape index (κ2) is 6.55. The third kappa shape index (κ3) is 3.33. The zero-order valence-corrected chi connectivity index (χ0v) is 10.9. The van der Waals surface area contributed by atoms with E-state index >= 15 is 0 Å². The summed E-state index contributed by atoms with van der Waals surface area (Å²) in [6.45, 7) is 3.52. The Morgan fingerprint density at radius 3 is 3.11 bits per heavy atom. The molecular formula is C15H21NO2. The van der Waals surface area contributed by atoms with Gasteiger partial charge in [-0.1, -0.05) is 25.0 Å². The lowest BCUT2D eigenvalue weighted by Gasteiger charge is -2.15. The van der Waals surface area contributed by atoms with Gasteiger partial charge in [-0.25, -0.2) is 0 Å². The Morgan fingerprint density at radius 1 is 1.39 bits per heavy atom. The van der Waals surface area contributed by atoms with E-state index in [0.717, 1.165) is 30.7 Å². The van der Waals surface area contributed by atoms with Gasteiger partial charge in [-0.05, 0) is 38.4 Å². The molecule has 0 aromatic heterocycles. The first-order chi connectivity index (χ1) is 8.81. The van der Waals surface area contributed by atoms with Gasteiger partial charge in [-0.15, -0.1) is 0 Å². The van der Waals surface area contributed by atoms with Crippen molar-refractivity contribution in [3.8, 4) is 5.75 Å². The van der Waals surface area contributed by atoms with Gasteiger partial charge in [0, 0.05) is 5.56 Å². The normalized spacial score (nSPS) is 20.2. The third-order valence-corrected chi connectivity index (χ3v) is 3.31. The SMILES string of the molecule is CCOc1cccc(C(=O)C2CCCCCN2)c1. The second-order valence-corrected chi connectivity index (χ2v) is 4.68. The van der Waals surface area contributed by atoms with Gasteiger partial charge in [0.1, 0.15) is 5.75 Å². The fourth-order valence-corrected chi connectivity index (χ4v) is 2.36. The number of ether oxygens (including phenoxy) is 1. The highest BCUT2D eigenvalue weighted by Crippen LogP contribution is 2.17. The Balaban J connectivity index is 2.09. The van der Waals surface area contributed by atoms with Gasteiger partial charge in [0.15, 0.2) is 5.78 Å². The first-order valence-corrected chi connectivity index (χ1v) is 6.81. The molecule has 1 heterocycles. The van der Waals surface area contributed by atoms with Crippen molar-refractivity contribution in [2.75, 3.05) is 13.2 Å². The summed E-state index contributed by atoms with van der Waals surface area (Å²) >= 11 is 0. The highest BCUT2D eigenvalue weighted by molar-refractivity contribution is 6.00. The van der Waals surface area contributed by atoms with Crippen LogP contribution in [0.15, 0.2) is 24.3 Å². The van der Waals surface area contributed by atoms with E-state index in [2.05, 4.69) is 5.32 Å².